The Hall–Kier alpha value is -0.860. The van der Waals surface area contributed by atoms with Gasteiger partial charge in [0.1, 0.15) is 0 Å². The molecule has 0 aliphatic heterocycles. The van der Waals surface area contributed by atoms with Crippen LogP contribution in [0.15, 0.2) is 24.3 Å². The van der Waals surface area contributed by atoms with Gasteiger partial charge >= 0.3 is 0 Å². The van der Waals surface area contributed by atoms with Crippen molar-refractivity contribution in [3.05, 3.63) is 35.4 Å². The van der Waals surface area contributed by atoms with Crippen LogP contribution in [0.25, 0.3) is 0 Å². The zero-order valence-corrected chi connectivity index (χ0v) is 10.5. The number of aliphatic hydroxyl groups excluding tert-OH is 1. The van der Waals surface area contributed by atoms with Crippen LogP contribution in [-0.2, 0) is 13.2 Å². The van der Waals surface area contributed by atoms with Crippen LogP contribution in [0.5, 0.6) is 0 Å². The zero-order chi connectivity index (χ0) is 12.0. The van der Waals surface area contributed by atoms with Crippen LogP contribution in [0.4, 0.5) is 0 Å². The molecule has 1 atom stereocenters. The molecule has 90 valence electrons. The topological polar surface area (TPSA) is 32.3 Å². The van der Waals surface area contributed by atoms with Gasteiger partial charge < -0.3 is 10.4 Å². The van der Waals surface area contributed by atoms with E-state index in [4.69, 9.17) is 5.11 Å². The molecule has 2 N–H and O–H groups in total. The van der Waals surface area contributed by atoms with Crippen LogP contribution in [0.2, 0.25) is 0 Å². The minimum absolute atomic E-state index is 0.122. The first-order chi connectivity index (χ1) is 7.61. The highest BCUT2D eigenvalue weighted by Gasteiger charge is 2.04. The smallest absolute Gasteiger partial charge is 0.0681 e. The highest BCUT2D eigenvalue weighted by atomic mass is 16.3. The molecule has 1 aromatic rings. The molecule has 2 nitrogen and oxygen atoms in total. The van der Waals surface area contributed by atoms with E-state index in [-0.39, 0.29) is 6.61 Å². The van der Waals surface area contributed by atoms with Crippen LogP contribution < -0.4 is 5.32 Å². The molecule has 0 saturated carbocycles. The molecule has 0 aliphatic rings. The number of aliphatic hydroxyl groups is 1. The Morgan fingerprint density at radius 1 is 1.06 bits per heavy atom. The molecule has 0 bridgehead atoms. The lowest BCUT2D eigenvalue weighted by Gasteiger charge is -2.15. The summed E-state index contributed by atoms with van der Waals surface area (Å²) < 4.78 is 0. The van der Waals surface area contributed by atoms with E-state index in [0.29, 0.717) is 6.04 Å². The van der Waals surface area contributed by atoms with Gasteiger partial charge in [-0.15, -0.1) is 0 Å². The second-order valence-electron chi connectivity index (χ2n) is 4.89. The fourth-order valence-electron chi connectivity index (χ4n) is 1.85. The summed E-state index contributed by atoms with van der Waals surface area (Å²) in [5.74, 6) is 0.735. The molecular weight excluding hydrogens is 198 g/mol. The third-order valence-electron chi connectivity index (χ3n) is 2.69. The van der Waals surface area contributed by atoms with Gasteiger partial charge in [-0.25, -0.2) is 0 Å². The van der Waals surface area contributed by atoms with Crippen molar-refractivity contribution in [2.45, 2.75) is 46.4 Å². The first kappa shape index (κ1) is 13.2. The predicted molar refractivity (Wildman–Crippen MR) is 68.1 cm³/mol. The number of nitrogens with one attached hydrogen (secondary N) is 1. The molecule has 1 unspecified atom stereocenters. The third-order valence-corrected chi connectivity index (χ3v) is 2.69. The molecule has 0 radical (unpaired) electrons. The van der Waals surface area contributed by atoms with Crippen LogP contribution in [0.1, 0.15) is 38.3 Å². The Morgan fingerprint density at radius 2 is 1.62 bits per heavy atom. The van der Waals surface area contributed by atoms with Gasteiger partial charge in [-0.05, 0) is 30.4 Å². The van der Waals surface area contributed by atoms with E-state index < -0.39 is 0 Å². The second kappa shape index (κ2) is 6.66. The third kappa shape index (κ3) is 4.77. The van der Waals surface area contributed by atoms with Crippen molar-refractivity contribution in [1.82, 2.24) is 5.32 Å². The van der Waals surface area contributed by atoms with Crippen molar-refractivity contribution in [1.29, 1.82) is 0 Å². The molecule has 0 amide bonds. The zero-order valence-electron chi connectivity index (χ0n) is 10.5. The van der Waals surface area contributed by atoms with E-state index >= 15 is 0 Å². The van der Waals surface area contributed by atoms with Gasteiger partial charge in [-0.1, -0.05) is 38.1 Å². The number of benzene rings is 1. The summed E-state index contributed by atoms with van der Waals surface area (Å²) in [4.78, 5) is 0. The van der Waals surface area contributed by atoms with Gasteiger partial charge in [0, 0.05) is 12.6 Å². The summed E-state index contributed by atoms with van der Waals surface area (Å²) in [5, 5.41) is 12.4. The minimum atomic E-state index is 0.122. The SMILES string of the molecule is CC(C)CC(C)NCc1ccc(CO)cc1. The van der Waals surface area contributed by atoms with Gasteiger partial charge in [0.2, 0.25) is 0 Å². The summed E-state index contributed by atoms with van der Waals surface area (Å²) >= 11 is 0. The lowest BCUT2D eigenvalue weighted by atomic mass is 10.0. The standard InChI is InChI=1S/C14H23NO/c1-11(2)8-12(3)15-9-13-4-6-14(10-16)7-5-13/h4-7,11-12,15-16H,8-10H2,1-3H3. The van der Waals surface area contributed by atoms with E-state index in [2.05, 4.69) is 38.2 Å². The molecule has 16 heavy (non-hydrogen) atoms. The van der Waals surface area contributed by atoms with Crippen molar-refractivity contribution in [3.8, 4) is 0 Å². The Labute approximate surface area is 98.7 Å². The van der Waals surface area contributed by atoms with E-state index in [1.54, 1.807) is 0 Å². The average molecular weight is 221 g/mol. The van der Waals surface area contributed by atoms with Gasteiger partial charge in [-0.2, -0.15) is 0 Å². The van der Waals surface area contributed by atoms with Gasteiger partial charge in [0.05, 0.1) is 6.61 Å². The van der Waals surface area contributed by atoms with Crippen molar-refractivity contribution >= 4 is 0 Å². The maximum Gasteiger partial charge on any atom is 0.0681 e. The maximum absolute atomic E-state index is 8.93. The summed E-state index contributed by atoms with van der Waals surface area (Å²) in [6.07, 6.45) is 1.20. The van der Waals surface area contributed by atoms with E-state index in [1.807, 2.05) is 12.1 Å². The fraction of sp³-hybridized carbons (Fsp3) is 0.571. The Balaban J connectivity index is 2.36. The first-order valence-corrected chi connectivity index (χ1v) is 6.04. The van der Waals surface area contributed by atoms with Crippen LogP contribution in [0.3, 0.4) is 0 Å². The summed E-state index contributed by atoms with van der Waals surface area (Å²) in [5.41, 5.74) is 2.24. The number of hydrogen-bond donors (Lipinski definition) is 2. The van der Waals surface area contributed by atoms with E-state index in [0.717, 1.165) is 18.0 Å². The average Bonchev–Trinajstić information content (AvgIpc) is 2.26. The lowest BCUT2D eigenvalue weighted by molar-refractivity contribution is 0.282. The molecule has 1 aromatic carbocycles. The molecule has 0 spiro atoms. The number of hydrogen-bond acceptors (Lipinski definition) is 2. The van der Waals surface area contributed by atoms with Crippen LogP contribution in [0, 0.1) is 5.92 Å². The van der Waals surface area contributed by atoms with E-state index in [9.17, 15) is 0 Å². The highest BCUT2D eigenvalue weighted by molar-refractivity contribution is 5.21. The molecule has 0 saturated heterocycles. The summed E-state index contributed by atoms with van der Waals surface area (Å²) in [7, 11) is 0. The van der Waals surface area contributed by atoms with Crippen molar-refractivity contribution in [2.75, 3.05) is 0 Å². The Kier molecular flexibility index (Phi) is 5.50. The lowest BCUT2D eigenvalue weighted by Crippen LogP contribution is -2.26. The van der Waals surface area contributed by atoms with Gasteiger partial charge in [0.15, 0.2) is 0 Å². The molecule has 0 heterocycles. The molecule has 0 fully saturated rings. The number of rotatable bonds is 6. The van der Waals surface area contributed by atoms with Crippen LogP contribution >= 0.6 is 0 Å². The highest BCUT2D eigenvalue weighted by Crippen LogP contribution is 2.07. The fourth-order valence-corrected chi connectivity index (χ4v) is 1.85. The second-order valence-corrected chi connectivity index (χ2v) is 4.89. The van der Waals surface area contributed by atoms with Crippen LogP contribution in [-0.4, -0.2) is 11.1 Å². The van der Waals surface area contributed by atoms with Crippen molar-refractivity contribution < 1.29 is 5.11 Å². The predicted octanol–water partition coefficient (Wildman–Crippen LogP) is 2.70. The maximum atomic E-state index is 8.93. The summed E-state index contributed by atoms with van der Waals surface area (Å²) in [6, 6.07) is 8.65. The Morgan fingerprint density at radius 3 is 2.12 bits per heavy atom. The van der Waals surface area contributed by atoms with E-state index in [1.165, 1.54) is 12.0 Å². The quantitative estimate of drug-likeness (QED) is 0.774. The molecule has 0 aliphatic carbocycles. The van der Waals surface area contributed by atoms with Crippen molar-refractivity contribution in [2.24, 2.45) is 5.92 Å². The normalized spacial score (nSPS) is 13.1. The molecule has 2 heteroatoms. The largest absolute Gasteiger partial charge is 0.392 e. The minimum Gasteiger partial charge on any atom is -0.392 e. The van der Waals surface area contributed by atoms with Gasteiger partial charge in [0.25, 0.3) is 0 Å². The molecular formula is C14H23NO. The molecule has 1 rings (SSSR count). The Bertz CT molecular complexity index is 292. The van der Waals surface area contributed by atoms with Crippen molar-refractivity contribution in [3.63, 3.8) is 0 Å². The molecule has 0 aromatic heterocycles. The summed E-state index contributed by atoms with van der Waals surface area (Å²) in [6.45, 7) is 7.74. The monoisotopic (exact) mass is 221 g/mol. The first-order valence-electron chi connectivity index (χ1n) is 6.04. The van der Waals surface area contributed by atoms with Gasteiger partial charge in [-0.3, -0.25) is 0 Å².